The number of sulfone groups is 1. The second-order valence-corrected chi connectivity index (χ2v) is 10.6. The Morgan fingerprint density at radius 3 is 2.52 bits per heavy atom. The van der Waals surface area contributed by atoms with Gasteiger partial charge in [-0.3, -0.25) is 4.99 Å². The lowest BCUT2D eigenvalue weighted by atomic mass is 10.1. The lowest BCUT2D eigenvalue weighted by molar-refractivity contribution is 0.601. The van der Waals surface area contributed by atoms with Gasteiger partial charge in [0.05, 0.1) is 24.1 Å². The molecule has 2 aromatic carbocycles. The molecule has 27 heavy (non-hydrogen) atoms. The number of rotatable bonds is 4. The van der Waals surface area contributed by atoms with Crippen LogP contribution in [-0.4, -0.2) is 36.4 Å². The molecule has 0 radical (unpaired) electrons. The highest BCUT2D eigenvalue weighted by molar-refractivity contribution is 8.15. The molecule has 2 aromatic rings. The summed E-state index contributed by atoms with van der Waals surface area (Å²) in [7, 11) is -2.94. The molecule has 0 amide bonds. The third-order valence-corrected chi connectivity index (χ3v) is 8.53. The largest absolute Gasteiger partial charge is 0.317 e. The first kappa shape index (κ1) is 18.6. The summed E-state index contributed by atoms with van der Waals surface area (Å²) in [5.41, 5.74) is 4.91. The Labute approximate surface area is 165 Å². The molecule has 1 fully saturated rings. The van der Waals surface area contributed by atoms with Gasteiger partial charge in [-0.25, -0.2) is 8.42 Å². The van der Waals surface area contributed by atoms with Crippen LogP contribution in [0.4, 0.5) is 5.69 Å². The summed E-state index contributed by atoms with van der Waals surface area (Å²) in [6.07, 6.45) is 1.01. The van der Waals surface area contributed by atoms with Gasteiger partial charge in [-0.2, -0.15) is 0 Å². The third-order valence-electron chi connectivity index (χ3n) is 5.28. The first-order chi connectivity index (χ1) is 12.9. The Morgan fingerprint density at radius 2 is 1.85 bits per heavy atom. The molecule has 2 aliphatic rings. The number of hydrogen-bond acceptors (Lipinski definition) is 5. The minimum absolute atomic E-state index is 0.0549. The molecule has 2 atom stereocenters. The number of anilines is 1. The van der Waals surface area contributed by atoms with Gasteiger partial charge in [-0.05, 0) is 42.2 Å². The predicted octanol–water partition coefficient (Wildman–Crippen LogP) is 3.83. The molecule has 0 bridgehead atoms. The first-order valence-electron chi connectivity index (χ1n) is 9.31. The normalized spacial score (nSPS) is 23.1. The first-order valence-corrected chi connectivity index (χ1v) is 12.0. The molecular formula is C21H24N2O2S2. The van der Waals surface area contributed by atoms with Crippen molar-refractivity contribution in [2.75, 3.05) is 16.4 Å². The van der Waals surface area contributed by atoms with E-state index in [1.54, 1.807) is 11.8 Å². The van der Waals surface area contributed by atoms with Gasteiger partial charge >= 0.3 is 0 Å². The minimum Gasteiger partial charge on any atom is -0.317 e. The van der Waals surface area contributed by atoms with Gasteiger partial charge in [-0.1, -0.05) is 55.1 Å². The zero-order chi connectivity index (χ0) is 19.0. The molecule has 0 N–H and O–H groups in total. The highest BCUT2D eigenvalue weighted by atomic mass is 32.2. The van der Waals surface area contributed by atoms with Crippen molar-refractivity contribution in [1.82, 2.24) is 0 Å². The minimum atomic E-state index is -2.94. The molecule has 0 spiro atoms. The smallest absolute Gasteiger partial charge is 0.164 e. The summed E-state index contributed by atoms with van der Waals surface area (Å²) >= 11 is 1.62. The van der Waals surface area contributed by atoms with E-state index in [4.69, 9.17) is 4.99 Å². The summed E-state index contributed by atoms with van der Waals surface area (Å²) < 4.78 is 23.8. The van der Waals surface area contributed by atoms with E-state index in [2.05, 4.69) is 67.3 Å². The number of fused-ring (bicyclic) bond motifs is 1. The zero-order valence-corrected chi connectivity index (χ0v) is 17.3. The molecule has 1 saturated heterocycles. The number of hydrogen-bond donors (Lipinski definition) is 0. The van der Waals surface area contributed by atoms with Crippen LogP contribution in [-0.2, 0) is 22.8 Å². The van der Waals surface area contributed by atoms with Crippen molar-refractivity contribution in [3.05, 3.63) is 65.2 Å². The van der Waals surface area contributed by atoms with Crippen LogP contribution >= 0.6 is 11.8 Å². The van der Waals surface area contributed by atoms with Crippen molar-refractivity contribution in [2.45, 2.75) is 38.1 Å². The molecule has 4 rings (SSSR count). The van der Waals surface area contributed by atoms with E-state index < -0.39 is 9.84 Å². The summed E-state index contributed by atoms with van der Waals surface area (Å²) in [6.45, 7) is 5.01. The van der Waals surface area contributed by atoms with Crippen LogP contribution in [0.2, 0.25) is 0 Å². The van der Waals surface area contributed by atoms with Crippen molar-refractivity contribution in [3.8, 4) is 0 Å². The topological polar surface area (TPSA) is 49.7 Å². The number of aliphatic imine (C=N–C) groups is 1. The van der Waals surface area contributed by atoms with Crippen molar-refractivity contribution in [1.29, 1.82) is 0 Å². The molecule has 0 aliphatic carbocycles. The fraction of sp³-hybridized carbons (Fsp3) is 0.381. The van der Waals surface area contributed by atoms with Crippen molar-refractivity contribution >= 4 is 32.5 Å². The molecule has 2 aliphatic heterocycles. The van der Waals surface area contributed by atoms with Gasteiger partial charge in [0.1, 0.15) is 0 Å². The zero-order valence-electron chi connectivity index (χ0n) is 15.6. The second kappa shape index (κ2) is 7.32. The average molecular weight is 401 g/mol. The summed E-state index contributed by atoms with van der Waals surface area (Å²) in [4.78, 5) is 7.05. The monoisotopic (exact) mass is 400 g/mol. The number of thioether (sulfide) groups is 1. The SMILES string of the molecule is CCc1ccc(N(Cc2ccccc2C)C2=N[C@H]3CS(=O)(=O)C[C@@H]3S2)cc1. The van der Waals surface area contributed by atoms with E-state index in [1.807, 2.05) is 0 Å². The van der Waals surface area contributed by atoms with Crippen LogP contribution < -0.4 is 4.90 Å². The second-order valence-electron chi connectivity index (χ2n) is 7.24. The maximum absolute atomic E-state index is 11.9. The van der Waals surface area contributed by atoms with E-state index in [-0.39, 0.29) is 22.8 Å². The van der Waals surface area contributed by atoms with Crippen LogP contribution in [0.5, 0.6) is 0 Å². The Kier molecular flexibility index (Phi) is 5.03. The van der Waals surface area contributed by atoms with E-state index in [9.17, 15) is 8.42 Å². The highest BCUT2D eigenvalue weighted by Gasteiger charge is 2.44. The fourth-order valence-electron chi connectivity index (χ4n) is 3.61. The van der Waals surface area contributed by atoms with Gasteiger partial charge in [0.25, 0.3) is 0 Å². The summed E-state index contributed by atoms with van der Waals surface area (Å²) in [5.74, 6) is 0.420. The highest BCUT2D eigenvalue weighted by Crippen LogP contribution is 2.37. The van der Waals surface area contributed by atoms with Gasteiger partial charge in [0.15, 0.2) is 15.0 Å². The maximum Gasteiger partial charge on any atom is 0.164 e. The Hall–Kier alpha value is -1.79. The Balaban J connectivity index is 1.67. The lowest BCUT2D eigenvalue weighted by Gasteiger charge is -2.26. The molecule has 0 unspecified atom stereocenters. The van der Waals surface area contributed by atoms with Crippen LogP contribution in [0, 0.1) is 6.92 Å². The van der Waals surface area contributed by atoms with Crippen molar-refractivity contribution in [2.24, 2.45) is 4.99 Å². The van der Waals surface area contributed by atoms with E-state index >= 15 is 0 Å². The molecule has 142 valence electrons. The number of benzene rings is 2. The van der Waals surface area contributed by atoms with E-state index in [1.165, 1.54) is 16.7 Å². The van der Waals surface area contributed by atoms with Crippen molar-refractivity contribution < 1.29 is 8.42 Å². The quantitative estimate of drug-likeness (QED) is 0.783. The van der Waals surface area contributed by atoms with Crippen LogP contribution in [0.3, 0.4) is 0 Å². The van der Waals surface area contributed by atoms with Crippen LogP contribution in [0.1, 0.15) is 23.6 Å². The Morgan fingerprint density at radius 1 is 1.11 bits per heavy atom. The fourth-order valence-corrected chi connectivity index (χ4v) is 7.39. The van der Waals surface area contributed by atoms with Gasteiger partial charge in [0.2, 0.25) is 0 Å². The van der Waals surface area contributed by atoms with E-state index in [0.29, 0.717) is 0 Å². The third kappa shape index (κ3) is 3.92. The van der Waals surface area contributed by atoms with Gasteiger partial charge < -0.3 is 4.90 Å². The average Bonchev–Trinajstić information content (AvgIpc) is 3.14. The number of nitrogens with zero attached hydrogens (tertiary/aromatic N) is 2. The lowest BCUT2D eigenvalue weighted by Crippen LogP contribution is -2.28. The maximum atomic E-state index is 11.9. The van der Waals surface area contributed by atoms with Gasteiger partial charge in [0, 0.05) is 10.9 Å². The summed E-state index contributed by atoms with van der Waals surface area (Å²) in [5, 5.41) is 0.992. The van der Waals surface area contributed by atoms with Gasteiger partial charge in [-0.15, -0.1) is 0 Å². The standard InChI is InChI=1S/C21H24N2O2S2/c1-3-16-8-10-18(11-9-16)23(12-17-7-5-4-6-15(17)2)21-22-19-13-27(24,25)14-20(19)26-21/h4-11,19-20H,3,12-14H2,1-2H3/t19-,20-/m0/s1. The Bertz CT molecular complexity index is 968. The summed E-state index contributed by atoms with van der Waals surface area (Å²) in [6, 6.07) is 16.9. The van der Waals surface area contributed by atoms with Crippen molar-refractivity contribution in [3.63, 3.8) is 0 Å². The molecule has 0 saturated carbocycles. The molecule has 2 heterocycles. The predicted molar refractivity (Wildman–Crippen MR) is 114 cm³/mol. The van der Waals surface area contributed by atoms with Crippen LogP contribution in [0.15, 0.2) is 53.5 Å². The molecule has 0 aromatic heterocycles. The van der Waals surface area contributed by atoms with E-state index in [0.717, 1.165) is 23.8 Å². The number of amidine groups is 1. The number of aryl methyl sites for hydroxylation is 2. The molecule has 6 heteroatoms. The van der Waals surface area contributed by atoms with Crippen LogP contribution in [0.25, 0.3) is 0 Å². The molecular weight excluding hydrogens is 376 g/mol. The molecule has 4 nitrogen and oxygen atoms in total.